The molecule has 10 heteroatoms. The minimum absolute atomic E-state index is 0. The molecule has 2 aromatic carbocycles. The average molecular weight is 1300 g/mol. The first-order valence-electron chi connectivity index (χ1n) is 20.4. The van der Waals surface area contributed by atoms with E-state index in [9.17, 15) is 4.79 Å². The number of ketones is 1. The molecular formula is C49H73I3O5Y2-2. The van der Waals surface area contributed by atoms with Crippen LogP contribution in [-0.4, -0.2) is 46.4 Å². The normalized spacial score (nSPS) is 14.8. The zero-order valence-electron chi connectivity index (χ0n) is 36.9. The Morgan fingerprint density at radius 1 is 0.847 bits per heavy atom. The molecule has 328 valence electrons. The maximum absolute atomic E-state index is 12.8. The summed E-state index contributed by atoms with van der Waals surface area (Å²) in [6.45, 7) is 14.7. The summed E-state index contributed by atoms with van der Waals surface area (Å²) in [5.41, 5.74) is 9.94. The topological polar surface area (TPSA) is 54.0 Å². The van der Waals surface area contributed by atoms with Crippen LogP contribution in [0, 0.1) is 43.7 Å². The molecule has 0 heterocycles. The number of carbonyl (C=O) groups is 1. The number of aryl methyl sites for hydroxylation is 2. The van der Waals surface area contributed by atoms with Gasteiger partial charge in [-0.05, 0) is 56.9 Å². The minimum Gasteiger partial charge on any atom is -0.522 e. The molecule has 0 bridgehead atoms. The zero-order chi connectivity index (χ0) is 40.8. The van der Waals surface area contributed by atoms with Gasteiger partial charge in [0.15, 0.2) is 5.78 Å². The summed E-state index contributed by atoms with van der Waals surface area (Å²) in [4.78, 5) is 12.8. The second kappa shape index (κ2) is 37.3. The number of rotatable bonds is 20. The van der Waals surface area contributed by atoms with E-state index in [1.807, 2.05) is 25.3 Å². The molecule has 2 aromatic rings. The van der Waals surface area contributed by atoms with Crippen LogP contribution in [0.4, 0.5) is 0 Å². The number of ether oxygens (including phenoxy) is 4. The van der Waals surface area contributed by atoms with Crippen LogP contribution >= 0.6 is 61.2 Å². The van der Waals surface area contributed by atoms with Crippen LogP contribution in [0.5, 0.6) is 11.5 Å². The molecule has 0 saturated heterocycles. The molecule has 0 saturated carbocycles. The van der Waals surface area contributed by atoms with Gasteiger partial charge in [-0.25, -0.2) is 0 Å². The third kappa shape index (κ3) is 20.8. The van der Waals surface area contributed by atoms with Crippen molar-refractivity contribution >= 4 is 67.0 Å². The number of hydrogen-bond donors (Lipinski definition) is 0. The van der Waals surface area contributed by atoms with Crippen molar-refractivity contribution in [2.24, 2.45) is 5.92 Å². The quantitative estimate of drug-likeness (QED) is 0.0435. The Bertz CT molecular complexity index is 1590. The number of allylic oxidation sites excluding steroid dienone is 3. The van der Waals surface area contributed by atoms with Gasteiger partial charge in [0.05, 0.1) is 26.4 Å². The van der Waals surface area contributed by atoms with Gasteiger partial charge >= 0.3 is 0 Å². The first-order chi connectivity index (χ1) is 26.7. The number of benzene rings is 2. The van der Waals surface area contributed by atoms with Crippen LogP contribution < -0.4 is 9.47 Å². The molecule has 59 heavy (non-hydrogen) atoms. The van der Waals surface area contributed by atoms with Gasteiger partial charge in [0.2, 0.25) is 0 Å². The predicted octanol–water partition coefficient (Wildman–Crippen LogP) is 14.2. The second-order valence-corrected chi connectivity index (χ2v) is 14.9. The van der Waals surface area contributed by atoms with Crippen molar-refractivity contribution < 1.29 is 89.2 Å². The summed E-state index contributed by atoms with van der Waals surface area (Å²) < 4.78 is 22.3. The van der Waals surface area contributed by atoms with E-state index in [0.717, 1.165) is 80.4 Å². The summed E-state index contributed by atoms with van der Waals surface area (Å²) in [5.74, 6) is 9.31. The molecule has 0 aliphatic heterocycles. The summed E-state index contributed by atoms with van der Waals surface area (Å²) in [7, 11) is 7.01. The van der Waals surface area contributed by atoms with Crippen LogP contribution in [-0.2, 0) is 98.9 Å². The fourth-order valence-electron chi connectivity index (χ4n) is 8.12. The molecule has 5 nitrogen and oxygen atoms in total. The number of halogens is 3. The van der Waals surface area contributed by atoms with Gasteiger partial charge in [-0.3, -0.25) is 4.79 Å². The summed E-state index contributed by atoms with van der Waals surface area (Å²) in [5, 5.41) is 0. The molecule has 2 aliphatic rings. The SMILES string of the molecule is C.C=CCc1c(OC)[c-]cc(C)c1C(C)C#CCC[C@H](CCCCC)OC.CCCCC[C@@H](CCC1=C2Cc3c(C)c[c-]c(OC)c3CC2CC1=O)OC.I.II.[Y].[Y]. The van der Waals surface area contributed by atoms with E-state index in [1.165, 1.54) is 71.9 Å². The van der Waals surface area contributed by atoms with E-state index >= 15 is 0 Å². The van der Waals surface area contributed by atoms with Crippen molar-refractivity contribution in [1.29, 1.82) is 0 Å². The van der Waals surface area contributed by atoms with Crippen molar-refractivity contribution in [3.63, 3.8) is 0 Å². The Hall–Kier alpha value is 1.07. The van der Waals surface area contributed by atoms with Gasteiger partial charge in [-0.1, -0.05) is 104 Å². The number of carbonyl (C=O) groups excluding carboxylic acids is 1. The van der Waals surface area contributed by atoms with E-state index in [0.29, 0.717) is 24.2 Å². The molecule has 0 aromatic heterocycles. The maximum Gasteiger partial charge on any atom is 0.159 e. The standard InChI is InChI=1S/C24H33O3.C24H35O2.CH4.I2.HI.2Y/c1-5-6-7-8-18(26-3)10-11-19-21-15-20-16(2)9-12-24(27-4)22(20)13-17(21)14-23(19)25;1-7-9-10-15-21(25-5)16-12-11-14-19(3)24-20(4)17-18-23(26-6)22(24)13-8-2;;1-2;;;/h9,17-18H,5-8,10-11,13-15H2,1-4H3;8,17,19,21H,2,7,9-10,12-13,15-16H2,1,3-6H3;1H4;;1H;;/q2*-1;;;;;/t17?,18-;19?,21-;;;;;/m00...../s1. The van der Waals surface area contributed by atoms with Crippen molar-refractivity contribution in [2.75, 3.05) is 28.4 Å². The first kappa shape index (κ1) is 64.4. The fraction of sp³-hybridized carbons (Fsp3) is 0.612. The van der Waals surface area contributed by atoms with Crippen molar-refractivity contribution in [3.05, 3.63) is 81.4 Å². The van der Waals surface area contributed by atoms with Crippen LogP contribution in [0.2, 0.25) is 0 Å². The molecule has 0 spiro atoms. The first-order valence-corrected chi connectivity index (χ1v) is 26.6. The van der Waals surface area contributed by atoms with Crippen molar-refractivity contribution in [2.45, 2.75) is 163 Å². The largest absolute Gasteiger partial charge is 0.522 e. The fourth-order valence-corrected chi connectivity index (χ4v) is 8.12. The molecule has 4 atom stereocenters. The number of hydrogen-bond acceptors (Lipinski definition) is 5. The van der Waals surface area contributed by atoms with Crippen LogP contribution in [0.3, 0.4) is 0 Å². The van der Waals surface area contributed by atoms with E-state index in [1.54, 1.807) is 21.3 Å². The molecule has 0 amide bonds. The number of fused-ring (bicyclic) bond motifs is 2. The Balaban J connectivity index is -0.000000959. The van der Waals surface area contributed by atoms with E-state index < -0.39 is 0 Å². The molecule has 2 aliphatic carbocycles. The summed E-state index contributed by atoms with van der Waals surface area (Å²) in [6, 6.07) is 10.5. The Morgan fingerprint density at radius 2 is 1.41 bits per heavy atom. The molecule has 0 N–H and O–H groups in total. The van der Waals surface area contributed by atoms with Gasteiger partial charge in [-0.2, -0.15) is 23.3 Å². The summed E-state index contributed by atoms with van der Waals surface area (Å²) >= 11 is 4.24. The van der Waals surface area contributed by atoms with Crippen LogP contribution in [0.25, 0.3) is 0 Å². The number of Topliss-reactive ketones (excluding diaryl/α,β-unsaturated/α-hetero) is 1. The molecule has 4 rings (SSSR count). The molecule has 2 unspecified atom stereocenters. The average Bonchev–Trinajstić information content (AvgIpc) is 3.51. The van der Waals surface area contributed by atoms with Crippen molar-refractivity contribution in [1.82, 2.24) is 0 Å². The van der Waals surface area contributed by atoms with Gasteiger partial charge in [0.1, 0.15) is 0 Å². The number of methoxy groups -OCH3 is 4. The molecular weight excluding hydrogens is 1230 g/mol. The minimum atomic E-state index is 0. The number of unbranched alkanes of at least 4 members (excludes halogenated alkanes) is 4. The molecule has 2 radical (unpaired) electrons. The third-order valence-corrected chi connectivity index (χ3v) is 11.2. The van der Waals surface area contributed by atoms with Crippen LogP contribution in [0.15, 0.2) is 35.9 Å². The smallest absolute Gasteiger partial charge is 0.159 e. The van der Waals surface area contributed by atoms with E-state index in [2.05, 4.69) is 102 Å². The zero-order valence-corrected chi connectivity index (χ0v) is 49.2. The Kier molecular flexibility index (Phi) is 40.7. The van der Waals surface area contributed by atoms with Gasteiger partial charge in [0, 0.05) is 147 Å². The Morgan fingerprint density at radius 3 is 1.95 bits per heavy atom. The van der Waals surface area contributed by atoms with Gasteiger partial charge < -0.3 is 18.9 Å². The monoisotopic (exact) mass is 1300 g/mol. The van der Waals surface area contributed by atoms with E-state index in [-0.39, 0.29) is 109 Å². The summed E-state index contributed by atoms with van der Waals surface area (Å²) in [6.07, 6.45) is 19.1. The van der Waals surface area contributed by atoms with Gasteiger partial charge in [0.25, 0.3) is 0 Å². The second-order valence-electron chi connectivity index (χ2n) is 14.9. The predicted molar refractivity (Wildman–Crippen MR) is 269 cm³/mol. The third-order valence-electron chi connectivity index (χ3n) is 11.2. The van der Waals surface area contributed by atoms with Gasteiger partial charge in [-0.15, -0.1) is 70.9 Å². The molecule has 0 fully saturated rings. The van der Waals surface area contributed by atoms with E-state index in [4.69, 9.17) is 18.9 Å². The van der Waals surface area contributed by atoms with Crippen molar-refractivity contribution in [3.8, 4) is 23.3 Å². The maximum atomic E-state index is 12.8. The van der Waals surface area contributed by atoms with Crippen LogP contribution in [0.1, 0.15) is 151 Å². The Labute approximate surface area is 452 Å².